The molecule has 3 aromatic rings. The minimum Gasteiger partial charge on any atom is -0.335 e. The quantitative estimate of drug-likeness (QED) is 0.723. The van der Waals surface area contributed by atoms with E-state index in [1.54, 1.807) is 23.2 Å². The summed E-state index contributed by atoms with van der Waals surface area (Å²) in [5, 5.41) is 2.65. The number of H-pyrrole nitrogens is 1. The lowest BCUT2D eigenvalue weighted by Gasteiger charge is -2.15. The molecule has 9 heteroatoms. The van der Waals surface area contributed by atoms with Gasteiger partial charge in [0.15, 0.2) is 11.5 Å². The Kier molecular flexibility index (Phi) is 4.49. The predicted octanol–water partition coefficient (Wildman–Crippen LogP) is 2.85. The van der Waals surface area contributed by atoms with Crippen LogP contribution in [0.2, 0.25) is 5.02 Å². The van der Waals surface area contributed by atoms with Crippen LogP contribution in [0.25, 0.3) is 11.2 Å². The van der Waals surface area contributed by atoms with E-state index in [2.05, 4.69) is 20.3 Å². The number of rotatable bonds is 3. The minimum atomic E-state index is -0.548. The molecule has 0 spiro atoms. The molecule has 1 aliphatic heterocycles. The van der Waals surface area contributed by atoms with E-state index in [1.807, 2.05) is 0 Å². The summed E-state index contributed by atoms with van der Waals surface area (Å²) in [6.07, 6.45) is 2.14. The highest BCUT2D eigenvalue weighted by molar-refractivity contribution is 6.31. The number of imidazole rings is 1. The van der Waals surface area contributed by atoms with Crippen molar-refractivity contribution >= 4 is 40.3 Å². The average Bonchev–Trinajstić information content (AvgIpc) is 3.31. The molecule has 138 valence electrons. The number of carbonyl (C=O) groups excluding carboxylic acids is 2. The molecule has 1 atom stereocenters. The van der Waals surface area contributed by atoms with Crippen molar-refractivity contribution < 1.29 is 14.0 Å². The van der Waals surface area contributed by atoms with Crippen LogP contribution in [0.15, 0.2) is 36.5 Å². The molecule has 2 aromatic heterocycles. The van der Waals surface area contributed by atoms with E-state index < -0.39 is 5.82 Å². The van der Waals surface area contributed by atoms with Crippen LogP contribution in [0, 0.1) is 11.7 Å². The van der Waals surface area contributed by atoms with Gasteiger partial charge in [0.05, 0.1) is 16.5 Å². The predicted molar refractivity (Wildman–Crippen MR) is 97.9 cm³/mol. The Hall–Kier alpha value is -3.00. The molecule has 2 N–H and O–H groups in total. The van der Waals surface area contributed by atoms with Crippen LogP contribution in [0.4, 0.5) is 10.1 Å². The van der Waals surface area contributed by atoms with Gasteiger partial charge in [-0.05, 0) is 36.8 Å². The number of hydrogen-bond donors (Lipinski definition) is 2. The molecule has 1 aliphatic rings. The maximum absolute atomic E-state index is 13.2. The van der Waals surface area contributed by atoms with Crippen molar-refractivity contribution in [2.24, 2.45) is 5.92 Å². The van der Waals surface area contributed by atoms with Gasteiger partial charge in [-0.1, -0.05) is 11.6 Å². The molecule has 0 unspecified atom stereocenters. The third-order valence-electron chi connectivity index (χ3n) is 4.49. The number of nitrogens with one attached hydrogen (secondary N) is 2. The fraction of sp³-hybridized carbons (Fsp3) is 0.222. The minimum absolute atomic E-state index is 0.0606. The highest BCUT2D eigenvalue weighted by atomic mass is 35.5. The zero-order valence-electron chi connectivity index (χ0n) is 14.1. The van der Waals surface area contributed by atoms with Gasteiger partial charge in [-0.15, -0.1) is 0 Å². The summed E-state index contributed by atoms with van der Waals surface area (Å²) in [7, 11) is 0. The molecule has 4 rings (SSSR count). The molecular formula is C18H15ClFN5O2. The first kappa shape index (κ1) is 17.4. The van der Waals surface area contributed by atoms with E-state index in [1.165, 1.54) is 18.2 Å². The van der Waals surface area contributed by atoms with E-state index >= 15 is 0 Å². The Morgan fingerprint density at radius 2 is 2.19 bits per heavy atom. The standard InChI is InChI=1S/C18H15ClFN5O2/c19-12-8-11(3-4-13(12)20)22-17(26)10-5-7-25(9-10)18(27)16-23-14-2-1-6-21-15(14)24-16/h1-4,6,8,10H,5,7,9H2,(H,22,26)(H,21,23,24)/t10-/m0/s1. The van der Waals surface area contributed by atoms with Crippen molar-refractivity contribution in [1.29, 1.82) is 0 Å². The number of carbonyl (C=O) groups is 2. The zero-order chi connectivity index (χ0) is 19.0. The molecular weight excluding hydrogens is 373 g/mol. The van der Waals surface area contributed by atoms with Gasteiger partial charge < -0.3 is 15.2 Å². The van der Waals surface area contributed by atoms with Crippen LogP contribution in [-0.4, -0.2) is 44.8 Å². The van der Waals surface area contributed by atoms with E-state index in [9.17, 15) is 14.0 Å². The second-order valence-corrected chi connectivity index (χ2v) is 6.72. The van der Waals surface area contributed by atoms with Gasteiger partial charge >= 0.3 is 0 Å². The van der Waals surface area contributed by atoms with Crippen LogP contribution in [0.5, 0.6) is 0 Å². The SMILES string of the molecule is O=C(Nc1ccc(F)c(Cl)c1)[C@H]1CCN(C(=O)c2nc3ncccc3[nH]2)C1. The maximum atomic E-state index is 13.2. The lowest BCUT2D eigenvalue weighted by molar-refractivity contribution is -0.119. The Morgan fingerprint density at radius 3 is 2.96 bits per heavy atom. The first-order valence-corrected chi connectivity index (χ1v) is 8.75. The van der Waals surface area contributed by atoms with Crippen molar-refractivity contribution in [2.45, 2.75) is 6.42 Å². The third-order valence-corrected chi connectivity index (χ3v) is 4.78. The maximum Gasteiger partial charge on any atom is 0.289 e. The number of nitrogens with zero attached hydrogens (tertiary/aromatic N) is 3. The number of likely N-dealkylation sites (tertiary alicyclic amines) is 1. The monoisotopic (exact) mass is 387 g/mol. The van der Waals surface area contributed by atoms with Gasteiger partial charge in [-0.25, -0.2) is 14.4 Å². The lowest BCUT2D eigenvalue weighted by Crippen LogP contribution is -2.32. The number of aromatic amines is 1. The van der Waals surface area contributed by atoms with Gasteiger partial charge in [0.1, 0.15) is 5.82 Å². The number of aromatic nitrogens is 3. The van der Waals surface area contributed by atoms with Gasteiger partial charge in [0, 0.05) is 25.0 Å². The first-order chi connectivity index (χ1) is 13.0. The summed E-state index contributed by atoms with van der Waals surface area (Å²) in [6.45, 7) is 0.732. The molecule has 1 fully saturated rings. The molecule has 0 aliphatic carbocycles. The number of benzene rings is 1. The summed E-state index contributed by atoms with van der Waals surface area (Å²) in [4.78, 5) is 37.9. The van der Waals surface area contributed by atoms with Crippen molar-refractivity contribution in [3.05, 3.63) is 53.2 Å². The molecule has 3 heterocycles. The number of hydrogen-bond acceptors (Lipinski definition) is 4. The number of halogens is 2. The van der Waals surface area contributed by atoms with Crippen LogP contribution in [0.1, 0.15) is 17.0 Å². The van der Waals surface area contributed by atoms with Crippen molar-refractivity contribution in [3.63, 3.8) is 0 Å². The summed E-state index contributed by atoms with van der Waals surface area (Å²) in [5.74, 6) is -1.21. The van der Waals surface area contributed by atoms with Crippen molar-refractivity contribution in [3.8, 4) is 0 Å². The fourth-order valence-corrected chi connectivity index (χ4v) is 3.25. The van der Waals surface area contributed by atoms with Crippen LogP contribution in [0.3, 0.4) is 0 Å². The zero-order valence-corrected chi connectivity index (χ0v) is 14.8. The Balaban J connectivity index is 1.42. The first-order valence-electron chi connectivity index (χ1n) is 8.37. The summed E-state index contributed by atoms with van der Waals surface area (Å²) in [5.41, 5.74) is 1.57. The lowest BCUT2D eigenvalue weighted by atomic mass is 10.1. The fourth-order valence-electron chi connectivity index (χ4n) is 3.07. The summed E-state index contributed by atoms with van der Waals surface area (Å²) in [6, 6.07) is 7.54. The highest BCUT2D eigenvalue weighted by Gasteiger charge is 2.32. The third kappa shape index (κ3) is 3.48. The molecule has 0 saturated carbocycles. The van der Waals surface area contributed by atoms with Gasteiger partial charge in [-0.3, -0.25) is 9.59 Å². The van der Waals surface area contributed by atoms with E-state index in [4.69, 9.17) is 11.6 Å². The van der Waals surface area contributed by atoms with Gasteiger partial charge in [0.2, 0.25) is 5.91 Å². The topological polar surface area (TPSA) is 91.0 Å². The van der Waals surface area contributed by atoms with E-state index in [-0.39, 0.29) is 35.1 Å². The van der Waals surface area contributed by atoms with Crippen LogP contribution >= 0.6 is 11.6 Å². The second-order valence-electron chi connectivity index (χ2n) is 6.31. The largest absolute Gasteiger partial charge is 0.335 e. The molecule has 1 aromatic carbocycles. The number of anilines is 1. The summed E-state index contributed by atoms with van der Waals surface area (Å²) < 4.78 is 13.2. The van der Waals surface area contributed by atoms with E-state index in [0.717, 1.165) is 0 Å². The Morgan fingerprint density at radius 1 is 1.33 bits per heavy atom. The van der Waals surface area contributed by atoms with Crippen LogP contribution in [-0.2, 0) is 4.79 Å². The van der Waals surface area contributed by atoms with Crippen LogP contribution < -0.4 is 5.32 Å². The average molecular weight is 388 g/mol. The molecule has 7 nitrogen and oxygen atoms in total. The number of fused-ring (bicyclic) bond motifs is 1. The highest BCUT2D eigenvalue weighted by Crippen LogP contribution is 2.23. The smallest absolute Gasteiger partial charge is 0.289 e. The van der Waals surface area contributed by atoms with Crippen molar-refractivity contribution in [1.82, 2.24) is 19.9 Å². The van der Waals surface area contributed by atoms with E-state index in [0.29, 0.717) is 29.8 Å². The van der Waals surface area contributed by atoms with Crippen molar-refractivity contribution in [2.75, 3.05) is 18.4 Å². The molecule has 1 saturated heterocycles. The number of pyridine rings is 1. The molecule has 2 amide bonds. The summed E-state index contributed by atoms with van der Waals surface area (Å²) >= 11 is 5.73. The normalized spacial score (nSPS) is 16.7. The Labute approximate surface area is 158 Å². The molecule has 0 radical (unpaired) electrons. The second kappa shape index (κ2) is 6.96. The number of amides is 2. The Bertz CT molecular complexity index is 1000. The molecule has 0 bridgehead atoms. The molecule has 27 heavy (non-hydrogen) atoms. The van der Waals surface area contributed by atoms with Gasteiger partial charge in [-0.2, -0.15) is 0 Å². The van der Waals surface area contributed by atoms with Gasteiger partial charge in [0.25, 0.3) is 5.91 Å².